The second-order valence-electron chi connectivity index (χ2n) is 7.61. The highest BCUT2D eigenvalue weighted by Crippen LogP contribution is 2.30. The molecule has 0 saturated carbocycles. The van der Waals surface area contributed by atoms with Gasteiger partial charge < -0.3 is 14.5 Å². The predicted octanol–water partition coefficient (Wildman–Crippen LogP) is 1.97. The minimum absolute atomic E-state index is 0.242. The number of nitrogens with zero attached hydrogens (tertiary/aromatic N) is 2. The van der Waals surface area contributed by atoms with Crippen molar-refractivity contribution in [3.8, 4) is 0 Å². The third kappa shape index (κ3) is 3.22. The molecule has 24 heavy (non-hydrogen) atoms. The Balaban J connectivity index is 1.33. The molecule has 2 aliphatic heterocycles. The first-order valence-electron chi connectivity index (χ1n) is 9.41. The summed E-state index contributed by atoms with van der Waals surface area (Å²) in [5, 5.41) is 0. The summed E-state index contributed by atoms with van der Waals surface area (Å²) < 4.78 is 6.02. The molecule has 3 aliphatic rings. The van der Waals surface area contributed by atoms with Crippen LogP contribution in [0.2, 0.25) is 0 Å². The molecule has 0 spiro atoms. The smallest absolute Gasteiger partial charge is 0.222 e. The van der Waals surface area contributed by atoms with Gasteiger partial charge in [-0.15, -0.1) is 0 Å². The SMILES string of the molecule is CCN1CCO[C@@H]2CN(C(=O)CC3Cc4ccccc4C3)C[C@@H]2C1. The van der Waals surface area contributed by atoms with E-state index in [1.165, 1.54) is 11.1 Å². The number of benzene rings is 1. The topological polar surface area (TPSA) is 32.8 Å². The van der Waals surface area contributed by atoms with Crippen molar-refractivity contribution in [3.05, 3.63) is 35.4 Å². The molecule has 4 rings (SSSR count). The summed E-state index contributed by atoms with van der Waals surface area (Å²) >= 11 is 0. The van der Waals surface area contributed by atoms with Crippen molar-refractivity contribution in [2.24, 2.45) is 11.8 Å². The van der Waals surface area contributed by atoms with Crippen LogP contribution >= 0.6 is 0 Å². The van der Waals surface area contributed by atoms with E-state index < -0.39 is 0 Å². The van der Waals surface area contributed by atoms with E-state index in [4.69, 9.17) is 4.74 Å². The summed E-state index contributed by atoms with van der Waals surface area (Å²) in [5.41, 5.74) is 2.87. The third-order valence-corrected chi connectivity index (χ3v) is 6.01. The van der Waals surface area contributed by atoms with E-state index in [1.807, 2.05) is 0 Å². The van der Waals surface area contributed by atoms with Gasteiger partial charge in [0.1, 0.15) is 0 Å². The molecule has 0 bridgehead atoms. The molecule has 1 aliphatic carbocycles. The quantitative estimate of drug-likeness (QED) is 0.850. The number of hydrogen-bond acceptors (Lipinski definition) is 3. The van der Waals surface area contributed by atoms with Gasteiger partial charge in [0.05, 0.1) is 12.7 Å². The van der Waals surface area contributed by atoms with E-state index in [-0.39, 0.29) is 6.10 Å². The van der Waals surface area contributed by atoms with E-state index in [0.29, 0.717) is 24.2 Å². The molecule has 2 saturated heterocycles. The molecule has 0 unspecified atom stereocenters. The molecular formula is C20H28N2O2. The second-order valence-corrected chi connectivity index (χ2v) is 7.61. The lowest BCUT2D eigenvalue weighted by molar-refractivity contribution is -0.131. The number of rotatable bonds is 3. The molecule has 0 N–H and O–H groups in total. The first kappa shape index (κ1) is 16.1. The predicted molar refractivity (Wildman–Crippen MR) is 93.9 cm³/mol. The van der Waals surface area contributed by atoms with Gasteiger partial charge in [-0.25, -0.2) is 0 Å². The highest BCUT2D eigenvalue weighted by Gasteiger charge is 2.38. The Morgan fingerprint density at radius 1 is 1.17 bits per heavy atom. The van der Waals surface area contributed by atoms with Gasteiger partial charge in [0.25, 0.3) is 0 Å². The third-order valence-electron chi connectivity index (χ3n) is 6.01. The summed E-state index contributed by atoms with van der Waals surface area (Å²) in [7, 11) is 0. The van der Waals surface area contributed by atoms with Crippen LogP contribution < -0.4 is 0 Å². The van der Waals surface area contributed by atoms with Gasteiger partial charge in [-0.3, -0.25) is 4.79 Å². The summed E-state index contributed by atoms with van der Waals surface area (Å²) in [5.74, 6) is 1.29. The summed E-state index contributed by atoms with van der Waals surface area (Å²) in [6.07, 6.45) is 3.04. The van der Waals surface area contributed by atoms with Gasteiger partial charge in [0.2, 0.25) is 5.91 Å². The number of carbonyl (C=O) groups is 1. The van der Waals surface area contributed by atoms with Gasteiger partial charge in [-0.05, 0) is 36.4 Å². The van der Waals surface area contributed by atoms with E-state index in [0.717, 1.165) is 52.2 Å². The largest absolute Gasteiger partial charge is 0.375 e. The molecule has 130 valence electrons. The minimum Gasteiger partial charge on any atom is -0.375 e. The molecule has 2 heterocycles. The lowest BCUT2D eigenvalue weighted by Gasteiger charge is -2.22. The van der Waals surface area contributed by atoms with E-state index in [9.17, 15) is 4.79 Å². The van der Waals surface area contributed by atoms with Crippen molar-refractivity contribution in [1.82, 2.24) is 9.80 Å². The van der Waals surface area contributed by atoms with Crippen molar-refractivity contribution < 1.29 is 9.53 Å². The van der Waals surface area contributed by atoms with Crippen molar-refractivity contribution in [2.45, 2.75) is 32.3 Å². The average molecular weight is 328 g/mol. The van der Waals surface area contributed by atoms with Crippen LogP contribution in [0.5, 0.6) is 0 Å². The van der Waals surface area contributed by atoms with Crippen molar-refractivity contribution in [3.63, 3.8) is 0 Å². The number of amides is 1. The summed E-state index contributed by atoms with van der Waals surface area (Å²) in [4.78, 5) is 17.3. The average Bonchev–Trinajstić information content (AvgIpc) is 3.12. The Morgan fingerprint density at radius 3 is 2.62 bits per heavy atom. The fourth-order valence-electron chi connectivity index (χ4n) is 4.62. The van der Waals surface area contributed by atoms with Crippen LogP contribution in [-0.2, 0) is 22.4 Å². The molecule has 2 atom stereocenters. The molecule has 1 aromatic carbocycles. The van der Waals surface area contributed by atoms with Crippen LogP contribution in [0.3, 0.4) is 0 Å². The number of likely N-dealkylation sites (N-methyl/N-ethyl adjacent to an activating group) is 1. The van der Waals surface area contributed by atoms with E-state index in [1.54, 1.807) is 0 Å². The molecule has 4 nitrogen and oxygen atoms in total. The van der Waals surface area contributed by atoms with Gasteiger partial charge in [0, 0.05) is 38.5 Å². The lowest BCUT2D eigenvalue weighted by atomic mass is 10.0. The maximum absolute atomic E-state index is 12.8. The zero-order chi connectivity index (χ0) is 16.5. The van der Waals surface area contributed by atoms with Crippen LogP contribution in [0, 0.1) is 11.8 Å². The molecular weight excluding hydrogens is 300 g/mol. The van der Waals surface area contributed by atoms with Crippen LogP contribution in [0.1, 0.15) is 24.5 Å². The number of ether oxygens (including phenoxy) is 1. The molecule has 0 aromatic heterocycles. The van der Waals surface area contributed by atoms with Crippen LogP contribution in [0.4, 0.5) is 0 Å². The number of likely N-dealkylation sites (tertiary alicyclic amines) is 1. The Labute approximate surface area is 144 Å². The Morgan fingerprint density at radius 2 is 1.92 bits per heavy atom. The molecule has 2 fully saturated rings. The maximum atomic E-state index is 12.8. The number of fused-ring (bicyclic) bond motifs is 2. The van der Waals surface area contributed by atoms with Gasteiger partial charge in [-0.2, -0.15) is 0 Å². The van der Waals surface area contributed by atoms with Gasteiger partial charge in [-0.1, -0.05) is 31.2 Å². The Bertz CT molecular complexity index is 578. The van der Waals surface area contributed by atoms with Gasteiger partial charge in [0.15, 0.2) is 0 Å². The Kier molecular flexibility index (Phi) is 4.59. The monoisotopic (exact) mass is 328 g/mol. The normalized spacial score (nSPS) is 27.8. The zero-order valence-electron chi connectivity index (χ0n) is 14.6. The van der Waals surface area contributed by atoms with Crippen molar-refractivity contribution in [2.75, 3.05) is 39.3 Å². The fraction of sp³-hybridized carbons (Fsp3) is 0.650. The number of hydrogen-bond donors (Lipinski definition) is 0. The zero-order valence-corrected chi connectivity index (χ0v) is 14.6. The molecule has 1 amide bonds. The number of carbonyl (C=O) groups excluding carboxylic acids is 1. The van der Waals surface area contributed by atoms with Gasteiger partial charge >= 0.3 is 0 Å². The first-order chi connectivity index (χ1) is 11.7. The van der Waals surface area contributed by atoms with Crippen LogP contribution in [0.15, 0.2) is 24.3 Å². The highest BCUT2D eigenvalue weighted by molar-refractivity contribution is 5.77. The maximum Gasteiger partial charge on any atom is 0.222 e. The fourth-order valence-corrected chi connectivity index (χ4v) is 4.62. The first-order valence-corrected chi connectivity index (χ1v) is 9.41. The second kappa shape index (κ2) is 6.85. The molecule has 0 radical (unpaired) electrons. The Hall–Kier alpha value is -1.39. The van der Waals surface area contributed by atoms with Crippen LogP contribution in [0.25, 0.3) is 0 Å². The molecule has 1 aromatic rings. The van der Waals surface area contributed by atoms with Crippen LogP contribution in [-0.4, -0.2) is 61.1 Å². The standard InChI is InChI=1S/C20H28N2O2/c1-2-21-7-8-24-19-14-22(13-18(19)12-21)20(23)11-15-9-16-5-3-4-6-17(16)10-15/h3-6,15,18-19H,2,7-14H2,1H3/t18-,19+/m0/s1. The highest BCUT2D eigenvalue weighted by atomic mass is 16.5. The summed E-state index contributed by atoms with van der Waals surface area (Å²) in [6, 6.07) is 8.63. The minimum atomic E-state index is 0.242. The van der Waals surface area contributed by atoms with E-state index >= 15 is 0 Å². The lowest BCUT2D eigenvalue weighted by Crippen LogP contribution is -2.34. The van der Waals surface area contributed by atoms with E-state index in [2.05, 4.69) is 41.0 Å². The molecule has 4 heteroatoms. The van der Waals surface area contributed by atoms with Crippen molar-refractivity contribution in [1.29, 1.82) is 0 Å². The van der Waals surface area contributed by atoms with Crippen molar-refractivity contribution >= 4 is 5.91 Å². The summed E-state index contributed by atoms with van der Waals surface area (Å²) in [6.45, 7) is 7.84.